The van der Waals surface area contributed by atoms with Gasteiger partial charge in [0.2, 0.25) is 5.78 Å². The van der Waals surface area contributed by atoms with Gasteiger partial charge < -0.3 is 14.5 Å². The normalized spacial score (nSPS) is 10.6. The highest BCUT2D eigenvalue weighted by Crippen LogP contribution is 2.31. The summed E-state index contributed by atoms with van der Waals surface area (Å²) in [5, 5.41) is -0.127. The number of aromatic amines is 1. The zero-order valence-corrected chi connectivity index (χ0v) is 16.9. The number of esters is 2. The van der Waals surface area contributed by atoms with Crippen molar-refractivity contribution in [3.63, 3.8) is 0 Å². The van der Waals surface area contributed by atoms with Crippen LogP contribution in [0.15, 0.2) is 6.20 Å². The molecule has 0 aliphatic heterocycles. The molecule has 1 N–H and O–H groups in total. The quantitative estimate of drug-likeness (QED) is 0.541. The number of carbonyl (C=O) groups excluding carboxylic acids is 3. The van der Waals surface area contributed by atoms with Gasteiger partial charge in [-0.1, -0.05) is 34.8 Å². The van der Waals surface area contributed by atoms with Crippen LogP contribution < -0.4 is 0 Å². The van der Waals surface area contributed by atoms with Crippen LogP contribution in [-0.2, 0) is 9.47 Å². The summed E-state index contributed by atoms with van der Waals surface area (Å²) in [5.74, 6) is -2.00. The van der Waals surface area contributed by atoms with E-state index in [2.05, 4.69) is 9.97 Å². The lowest BCUT2D eigenvalue weighted by Crippen LogP contribution is -2.17. The van der Waals surface area contributed by atoms with Gasteiger partial charge >= 0.3 is 11.9 Å². The van der Waals surface area contributed by atoms with Gasteiger partial charge in [0.15, 0.2) is 12.3 Å². The molecule has 0 aromatic carbocycles. The van der Waals surface area contributed by atoms with E-state index < -0.39 is 24.3 Å². The minimum Gasteiger partial charge on any atom is -0.462 e. The van der Waals surface area contributed by atoms with Crippen molar-refractivity contribution in [1.82, 2.24) is 9.97 Å². The number of nitrogens with zero attached hydrogens (tertiary/aromatic N) is 1. The molecule has 0 saturated carbocycles. The fourth-order valence-electron chi connectivity index (χ4n) is 2.40. The second-order valence-electron chi connectivity index (χ2n) is 5.43. The zero-order chi connectivity index (χ0) is 20.3. The van der Waals surface area contributed by atoms with Crippen molar-refractivity contribution in [3.8, 4) is 0 Å². The third-order valence-electron chi connectivity index (χ3n) is 3.64. The Balaban J connectivity index is 2.15. The average Bonchev–Trinajstić information content (AvgIpc) is 2.92. The summed E-state index contributed by atoms with van der Waals surface area (Å²) in [5.41, 5.74) is 1.07. The van der Waals surface area contributed by atoms with E-state index in [4.69, 9.17) is 44.3 Å². The first-order valence-electron chi connectivity index (χ1n) is 7.75. The molecule has 0 amide bonds. The van der Waals surface area contributed by atoms with Crippen LogP contribution in [0.5, 0.6) is 0 Å². The molecule has 27 heavy (non-hydrogen) atoms. The van der Waals surface area contributed by atoms with E-state index in [1.807, 2.05) is 0 Å². The van der Waals surface area contributed by atoms with Gasteiger partial charge in [0.25, 0.3) is 0 Å². The number of ketones is 1. The number of ether oxygens (including phenoxy) is 2. The summed E-state index contributed by atoms with van der Waals surface area (Å²) in [6, 6.07) is 0. The predicted octanol–water partition coefficient (Wildman–Crippen LogP) is 4.20. The first kappa shape index (κ1) is 21.2. The second kappa shape index (κ2) is 8.73. The molecule has 10 heteroatoms. The van der Waals surface area contributed by atoms with E-state index in [0.29, 0.717) is 11.3 Å². The average molecular weight is 434 g/mol. The molecule has 0 atom stereocenters. The Morgan fingerprint density at radius 1 is 1.07 bits per heavy atom. The maximum Gasteiger partial charge on any atom is 0.358 e. The van der Waals surface area contributed by atoms with E-state index in [9.17, 15) is 14.4 Å². The molecule has 2 aromatic heterocycles. The smallest absolute Gasteiger partial charge is 0.358 e. The fraction of sp³-hybridized carbons (Fsp3) is 0.294. The highest BCUT2D eigenvalue weighted by atomic mass is 35.5. The first-order chi connectivity index (χ1) is 12.7. The molecule has 2 aromatic rings. The number of halogens is 3. The van der Waals surface area contributed by atoms with Crippen molar-refractivity contribution in [2.75, 3.05) is 13.2 Å². The molecule has 0 unspecified atom stereocenters. The van der Waals surface area contributed by atoms with Crippen molar-refractivity contribution in [2.24, 2.45) is 0 Å². The number of Topliss-reactive ketones (excluding diaryl/α,β-unsaturated/α-hetero) is 1. The van der Waals surface area contributed by atoms with Crippen molar-refractivity contribution < 1.29 is 23.9 Å². The van der Waals surface area contributed by atoms with E-state index in [-0.39, 0.29) is 38.6 Å². The predicted molar refractivity (Wildman–Crippen MR) is 100 cm³/mol. The molecule has 2 rings (SSSR count). The number of carbonyl (C=O) groups is 3. The molecular weight excluding hydrogens is 419 g/mol. The number of aryl methyl sites for hydroxylation is 1. The van der Waals surface area contributed by atoms with E-state index in [1.165, 1.54) is 0 Å². The number of hydrogen-bond donors (Lipinski definition) is 1. The highest BCUT2D eigenvalue weighted by Gasteiger charge is 2.24. The minimum absolute atomic E-state index is 0.0403. The maximum absolute atomic E-state index is 12.4. The number of rotatable bonds is 6. The van der Waals surface area contributed by atoms with Crippen LogP contribution in [0.4, 0.5) is 0 Å². The number of aromatic nitrogens is 2. The maximum atomic E-state index is 12.4. The molecule has 0 radical (unpaired) electrons. The topological polar surface area (TPSA) is 98.4 Å². The lowest BCUT2D eigenvalue weighted by Gasteiger charge is -2.07. The molecule has 2 heterocycles. The lowest BCUT2D eigenvalue weighted by atomic mass is 10.1. The summed E-state index contributed by atoms with van der Waals surface area (Å²) in [7, 11) is 0. The van der Waals surface area contributed by atoms with Crippen LogP contribution in [0.25, 0.3) is 0 Å². The van der Waals surface area contributed by atoms with Gasteiger partial charge in [-0.15, -0.1) is 0 Å². The standard InChI is InChI=1S/C17H15Cl3N2O5/c1-4-26-16(24)11-7(2)14(22-8(11)3)10(23)6-27-17(25)15-13(20)12(19)9(18)5-21-15/h5,22H,4,6H2,1-3H3. The fourth-order valence-corrected chi connectivity index (χ4v) is 2.95. The summed E-state index contributed by atoms with van der Waals surface area (Å²) >= 11 is 17.5. The number of pyridine rings is 1. The molecular formula is C17H15Cl3N2O5. The summed E-state index contributed by atoms with van der Waals surface area (Å²) in [6.45, 7) is 4.55. The lowest BCUT2D eigenvalue weighted by molar-refractivity contribution is 0.0466. The Kier molecular flexibility index (Phi) is 6.86. The van der Waals surface area contributed by atoms with Crippen LogP contribution in [0.1, 0.15) is 49.5 Å². The number of H-pyrrole nitrogens is 1. The van der Waals surface area contributed by atoms with Crippen molar-refractivity contribution in [3.05, 3.63) is 49.5 Å². The largest absolute Gasteiger partial charge is 0.462 e. The van der Waals surface area contributed by atoms with Gasteiger partial charge in [-0.05, 0) is 26.3 Å². The Morgan fingerprint density at radius 2 is 1.74 bits per heavy atom. The van der Waals surface area contributed by atoms with Crippen molar-refractivity contribution in [1.29, 1.82) is 0 Å². The van der Waals surface area contributed by atoms with E-state index in [1.54, 1.807) is 20.8 Å². The molecule has 0 fully saturated rings. The van der Waals surface area contributed by atoms with Crippen molar-refractivity contribution in [2.45, 2.75) is 20.8 Å². The Labute approximate surface area is 169 Å². The van der Waals surface area contributed by atoms with Gasteiger partial charge in [-0.25, -0.2) is 14.6 Å². The molecule has 0 aliphatic rings. The van der Waals surface area contributed by atoms with Gasteiger partial charge in [0, 0.05) is 11.9 Å². The van der Waals surface area contributed by atoms with Crippen LogP contribution in [0, 0.1) is 13.8 Å². The Hall–Kier alpha value is -2.09. The third kappa shape index (κ3) is 4.43. The third-order valence-corrected chi connectivity index (χ3v) is 4.88. The highest BCUT2D eigenvalue weighted by molar-refractivity contribution is 6.48. The van der Waals surface area contributed by atoms with Gasteiger partial charge in [-0.2, -0.15) is 0 Å². The summed E-state index contributed by atoms with van der Waals surface area (Å²) in [4.78, 5) is 43.1. The second-order valence-corrected chi connectivity index (χ2v) is 6.59. The summed E-state index contributed by atoms with van der Waals surface area (Å²) < 4.78 is 9.93. The van der Waals surface area contributed by atoms with Gasteiger partial charge in [0.05, 0.1) is 32.9 Å². The minimum atomic E-state index is -0.932. The summed E-state index contributed by atoms with van der Waals surface area (Å²) in [6.07, 6.45) is 1.15. The van der Waals surface area contributed by atoms with Crippen LogP contribution in [0.3, 0.4) is 0 Å². The van der Waals surface area contributed by atoms with Crippen LogP contribution >= 0.6 is 34.8 Å². The zero-order valence-electron chi connectivity index (χ0n) is 14.6. The van der Waals surface area contributed by atoms with E-state index in [0.717, 1.165) is 6.20 Å². The first-order valence-corrected chi connectivity index (χ1v) is 8.88. The van der Waals surface area contributed by atoms with Crippen LogP contribution in [-0.4, -0.2) is 40.9 Å². The molecule has 0 saturated heterocycles. The monoisotopic (exact) mass is 432 g/mol. The van der Waals surface area contributed by atoms with Gasteiger partial charge in [0.1, 0.15) is 0 Å². The van der Waals surface area contributed by atoms with Crippen molar-refractivity contribution >= 4 is 52.5 Å². The Morgan fingerprint density at radius 3 is 2.37 bits per heavy atom. The molecule has 7 nitrogen and oxygen atoms in total. The van der Waals surface area contributed by atoms with E-state index >= 15 is 0 Å². The number of nitrogens with one attached hydrogen (secondary N) is 1. The molecule has 144 valence electrons. The Bertz CT molecular complexity index is 924. The number of hydrogen-bond acceptors (Lipinski definition) is 6. The SMILES string of the molecule is CCOC(=O)c1c(C)[nH]c(C(=O)COC(=O)c2ncc(Cl)c(Cl)c2Cl)c1C. The molecule has 0 spiro atoms. The van der Waals surface area contributed by atoms with Gasteiger partial charge in [-0.3, -0.25) is 4.79 Å². The molecule has 0 bridgehead atoms. The van der Waals surface area contributed by atoms with Crippen LogP contribution in [0.2, 0.25) is 15.1 Å². The molecule has 0 aliphatic carbocycles.